The standard InChI is InChI=1S/C23H32FN5O2.HI/c1-17(2)21(29-10-12-30-13-11-29)16-28-23(25-3)27-15-18-6-5-9-26-22(18)31-20-8-4-7-19(24)14-20;/h4-9,14,17,21H,10-13,15-16H2,1-3H3,(H2,25,27,28);1H. The number of pyridine rings is 1. The summed E-state index contributed by atoms with van der Waals surface area (Å²) in [4.78, 5) is 11.1. The summed E-state index contributed by atoms with van der Waals surface area (Å²) in [7, 11) is 1.75. The molecule has 1 aromatic heterocycles. The molecule has 3 rings (SSSR count). The van der Waals surface area contributed by atoms with Crippen LogP contribution in [0.2, 0.25) is 0 Å². The van der Waals surface area contributed by atoms with Gasteiger partial charge in [-0.25, -0.2) is 9.37 Å². The number of hydrogen-bond acceptors (Lipinski definition) is 5. The Morgan fingerprint density at radius 3 is 2.69 bits per heavy atom. The van der Waals surface area contributed by atoms with Gasteiger partial charge in [0.15, 0.2) is 5.96 Å². The van der Waals surface area contributed by atoms with Crippen molar-refractivity contribution in [2.75, 3.05) is 39.9 Å². The molecular formula is C23H33FIN5O2. The molecule has 176 valence electrons. The maximum atomic E-state index is 13.5. The van der Waals surface area contributed by atoms with Crippen LogP contribution >= 0.6 is 24.0 Å². The fourth-order valence-corrected chi connectivity index (χ4v) is 3.59. The van der Waals surface area contributed by atoms with Crippen molar-refractivity contribution >= 4 is 29.9 Å². The Balaban J connectivity index is 0.00000363. The molecular weight excluding hydrogens is 524 g/mol. The van der Waals surface area contributed by atoms with Gasteiger partial charge < -0.3 is 20.1 Å². The first-order chi connectivity index (χ1) is 15.1. The van der Waals surface area contributed by atoms with Crippen molar-refractivity contribution in [1.29, 1.82) is 0 Å². The van der Waals surface area contributed by atoms with E-state index in [1.54, 1.807) is 25.4 Å². The van der Waals surface area contributed by atoms with Gasteiger partial charge in [-0.2, -0.15) is 0 Å². The van der Waals surface area contributed by atoms with Crippen LogP contribution in [0.5, 0.6) is 11.6 Å². The molecule has 0 saturated carbocycles. The molecule has 1 fully saturated rings. The van der Waals surface area contributed by atoms with Gasteiger partial charge in [0.2, 0.25) is 5.88 Å². The molecule has 0 spiro atoms. The third-order valence-electron chi connectivity index (χ3n) is 5.29. The zero-order valence-corrected chi connectivity index (χ0v) is 21.2. The molecule has 9 heteroatoms. The lowest BCUT2D eigenvalue weighted by molar-refractivity contribution is 0.00752. The highest BCUT2D eigenvalue weighted by Crippen LogP contribution is 2.23. The van der Waals surface area contributed by atoms with Crippen molar-refractivity contribution < 1.29 is 13.9 Å². The quantitative estimate of drug-likeness (QED) is 0.294. The van der Waals surface area contributed by atoms with Gasteiger partial charge in [0, 0.05) is 57.1 Å². The maximum absolute atomic E-state index is 13.5. The summed E-state index contributed by atoms with van der Waals surface area (Å²) < 4.78 is 24.7. The number of aromatic nitrogens is 1. The van der Waals surface area contributed by atoms with E-state index in [0.717, 1.165) is 38.4 Å². The number of nitrogens with zero attached hydrogens (tertiary/aromatic N) is 3. The van der Waals surface area contributed by atoms with Crippen molar-refractivity contribution in [2.24, 2.45) is 10.9 Å². The lowest BCUT2D eigenvalue weighted by atomic mass is 10.0. The molecule has 1 aliphatic rings. The van der Waals surface area contributed by atoms with E-state index in [4.69, 9.17) is 9.47 Å². The number of ether oxygens (including phenoxy) is 2. The van der Waals surface area contributed by atoms with E-state index in [1.807, 2.05) is 12.1 Å². The number of aliphatic imine (C=N–C) groups is 1. The molecule has 32 heavy (non-hydrogen) atoms. The van der Waals surface area contributed by atoms with E-state index in [-0.39, 0.29) is 29.8 Å². The minimum Gasteiger partial charge on any atom is -0.439 e. The highest BCUT2D eigenvalue weighted by Gasteiger charge is 2.23. The fourth-order valence-electron chi connectivity index (χ4n) is 3.59. The van der Waals surface area contributed by atoms with E-state index >= 15 is 0 Å². The maximum Gasteiger partial charge on any atom is 0.224 e. The van der Waals surface area contributed by atoms with Crippen LogP contribution in [-0.4, -0.2) is 61.8 Å². The Labute approximate surface area is 206 Å². The Hall–Kier alpha value is -1.98. The molecule has 1 aliphatic heterocycles. The minimum absolute atomic E-state index is 0. The fraction of sp³-hybridized carbons (Fsp3) is 0.478. The summed E-state index contributed by atoms with van der Waals surface area (Å²) in [5.74, 6) is 1.71. The topological polar surface area (TPSA) is 71.0 Å². The van der Waals surface area contributed by atoms with E-state index in [2.05, 4.69) is 39.4 Å². The molecule has 0 amide bonds. The van der Waals surface area contributed by atoms with Gasteiger partial charge in [0.25, 0.3) is 0 Å². The predicted molar refractivity (Wildman–Crippen MR) is 135 cm³/mol. The van der Waals surface area contributed by atoms with Crippen LogP contribution in [0.3, 0.4) is 0 Å². The summed E-state index contributed by atoms with van der Waals surface area (Å²) >= 11 is 0. The monoisotopic (exact) mass is 557 g/mol. The average Bonchev–Trinajstić information content (AvgIpc) is 2.77. The molecule has 1 atom stereocenters. The second kappa shape index (κ2) is 13.5. The number of morpholine rings is 1. The third-order valence-corrected chi connectivity index (χ3v) is 5.29. The second-order valence-electron chi connectivity index (χ2n) is 7.79. The van der Waals surface area contributed by atoms with Crippen LogP contribution < -0.4 is 15.4 Å². The van der Waals surface area contributed by atoms with Crippen LogP contribution in [0.1, 0.15) is 19.4 Å². The number of benzene rings is 1. The van der Waals surface area contributed by atoms with Crippen LogP contribution in [0.15, 0.2) is 47.6 Å². The molecule has 1 saturated heterocycles. The van der Waals surface area contributed by atoms with Crippen LogP contribution in [0, 0.1) is 11.7 Å². The SMILES string of the molecule is CN=C(NCc1cccnc1Oc1cccc(F)c1)NCC(C(C)C)N1CCOCC1.I. The second-order valence-corrected chi connectivity index (χ2v) is 7.79. The lowest BCUT2D eigenvalue weighted by Crippen LogP contribution is -2.52. The number of halogens is 2. The van der Waals surface area contributed by atoms with Gasteiger partial charge in [0.05, 0.1) is 13.2 Å². The van der Waals surface area contributed by atoms with Crippen LogP contribution in [0.25, 0.3) is 0 Å². The smallest absolute Gasteiger partial charge is 0.224 e. The number of rotatable bonds is 8. The largest absolute Gasteiger partial charge is 0.439 e. The van der Waals surface area contributed by atoms with Crippen molar-refractivity contribution in [3.05, 3.63) is 54.0 Å². The summed E-state index contributed by atoms with van der Waals surface area (Å²) in [6.45, 7) is 9.21. The Morgan fingerprint density at radius 1 is 1.22 bits per heavy atom. The summed E-state index contributed by atoms with van der Waals surface area (Å²) in [6.07, 6.45) is 1.65. The first kappa shape index (κ1) is 26.3. The molecule has 0 bridgehead atoms. The molecule has 2 N–H and O–H groups in total. The van der Waals surface area contributed by atoms with Crippen LogP contribution in [-0.2, 0) is 11.3 Å². The zero-order valence-electron chi connectivity index (χ0n) is 18.9. The molecule has 1 aromatic carbocycles. The first-order valence-corrected chi connectivity index (χ1v) is 10.7. The number of hydrogen-bond donors (Lipinski definition) is 2. The molecule has 0 radical (unpaired) electrons. The summed E-state index contributed by atoms with van der Waals surface area (Å²) in [5, 5.41) is 6.76. The highest BCUT2D eigenvalue weighted by atomic mass is 127. The molecule has 0 aliphatic carbocycles. The Kier molecular flexibility index (Phi) is 11.1. The minimum atomic E-state index is -0.349. The molecule has 2 aromatic rings. The lowest BCUT2D eigenvalue weighted by Gasteiger charge is -2.37. The highest BCUT2D eigenvalue weighted by molar-refractivity contribution is 14.0. The van der Waals surface area contributed by atoms with E-state index in [0.29, 0.717) is 36.1 Å². The number of nitrogens with one attached hydrogen (secondary N) is 2. The zero-order chi connectivity index (χ0) is 22.1. The van der Waals surface area contributed by atoms with Gasteiger partial charge in [-0.3, -0.25) is 9.89 Å². The number of guanidine groups is 1. The van der Waals surface area contributed by atoms with E-state index in [1.165, 1.54) is 12.1 Å². The Bertz CT molecular complexity index is 862. The van der Waals surface area contributed by atoms with Gasteiger partial charge in [-0.15, -0.1) is 24.0 Å². The molecule has 1 unspecified atom stereocenters. The van der Waals surface area contributed by atoms with Gasteiger partial charge in [0.1, 0.15) is 11.6 Å². The van der Waals surface area contributed by atoms with Crippen molar-refractivity contribution in [3.8, 4) is 11.6 Å². The van der Waals surface area contributed by atoms with Crippen molar-refractivity contribution in [1.82, 2.24) is 20.5 Å². The summed E-state index contributed by atoms with van der Waals surface area (Å²) in [6, 6.07) is 10.2. The van der Waals surface area contributed by atoms with E-state index in [9.17, 15) is 4.39 Å². The van der Waals surface area contributed by atoms with Crippen molar-refractivity contribution in [2.45, 2.75) is 26.4 Å². The van der Waals surface area contributed by atoms with E-state index < -0.39 is 0 Å². The van der Waals surface area contributed by atoms with Gasteiger partial charge in [-0.1, -0.05) is 26.0 Å². The van der Waals surface area contributed by atoms with Gasteiger partial charge >= 0.3 is 0 Å². The third kappa shape index (κ3) is 7.86. The van der Waals surface area contributed by atoms with Crippen molar-refractivity contribution in [3.63, 3.8) is 0 Å². The average molecular weight is 557 g/mol. The summed E-state index contributed by atoms with van der Waals surface area (Å²) in [5.41, 5.74) is 0.850. The van der Waals surface area contributed by atoms with Gasteiger partial charge in [-0.05, 0) is 24.1 Å². The molecule has 7 nitrogen and oxygen atoms in total. The normalized spacial score (nSPS) is 15.7. The predicted octanol–water partition coefficient (Wildman–Crippen LogP) is 3.65. The Morgan fingerprint density at radius 2 is 2.00 bits per heavy atom. The van der Waals surface area contributed by atoms with Crippen LogP contribution in [0.4, 0.5) is 4.39 Å². The molecule has 2 heterocycles. The first-order valence-electron chi connectivity index (χ1n) is 10.7.